The number of nitrogens with zero attached hydrogens (tertiary/aromatic N) is 1. The zero-order chi connectivity index (χ0) is 15.3. The van der Waals surface area contributed by atoms with Gasteiger partial charge in [-0.05, 0) is 38.9 Å². The van der Waals surface area contributed by atoms with E-state index in [4.69, 9.17) is 9.47 Å². The molecule has 0 amide bonds. The van der Waals surface area contributed by atoms with Gasteiger partial charge in [-0.3, -0.25) is 0 Å². The Labute approximate surface area is 126 Å². The van der Waals surface area contributed by atoms with Crippen molar-refractivity contribution < 1.29 is 14.3 Å². The molecular formula is C16H24N2O3. The summed E-state index contributed by atoms with van der Waals surface area (Å²) in [5.41, 5.74) is 0.237. The third-order valence-corrected chi connectivity index (χ3v) is 3.96. The third-order valence-electron chi connectivity index (χ3n) is 3.96. The van der Waals surface area contributed by atoms with Crippen molar-refractivity contribution >= 4 is 11.7 Å². The number of ether oxygens (including phenoxy) is 2. The van der Waals surface area contributed by atoms with Gasteiger partial charge in [0.1, 0.15) is 11.3 Å². The second-order valence-electron chi connectivity index (χ2n) is 5.46. The summed E-state index contributed by atoms with van der Waals surface area (Å²) in [6.07, 6.45) is 1.47. The molecule has 0 saturated carbocycles. The highest BCUT2D eigenvalue weighted by Crippen LogP contribution is 2.29. The van der Waals surface area contributed by atoms with Gasteiger partial charge in [0.15, 0.2) is 0 Å². The molecule has 21 heavy (non-hydrogen) atoms. The summed E-state index contributed by atoms with van der Waals surface area (Å²) in [5.74, 6) is 0.604. The van der Waals surface area contributed by atoms with E-state index < -0.39 is 5.54 Å². The SMILES string of the molecule is CCOC(=O)C1(Nc2cccc(OC)c2)CCN(C)CC1. The van der Waals surface area contributed by atoms with Crippen molar-refractivity contribution in [2.24, 2.45) is 0 Å². The predicted octanol–water partition coefficient (Wildman–Crippen LogP) is 2.13. The number of methoxy groups -OCH3 is 1. The van der Waals surface area contributed by atoms with E-state index in [1.807, 2.05) is 31.2 Å². The first kappa shape index (κ1) is 15.6. The normalized spacial score (nSPS) is 18.0. The van der Waals surface area contributed by atoms with Crippen molar-refractivity contribution in [1.82, 2.24) is 4.90 Å². The molecule has 0 bridgehead atoms. The van der Waals surface area contributed by atoms with Crippen LogP contribution in [-0.2, 0) is 9.53 Å². The number of rotatable bonds is 5. The minimum Gasteiger partial charge on any atom is -0.497 e. The number of esters is 1. The number of hydrogen-bond donors (Lipinski definition) is 1. The first-order chi connectivity index (χ1) is 10.1. The van der Waals surface area contributed by atoms with Crippen LogP contribution in [0.5, 0.6) is 5.75 Å². The van der Waals surface area contributed by atoms with Gasteiger partial charge in [0.2, 0.25) is 0 Å². The lowest BCUT2D eigenvalue weighted by molar-refractivity contribution is -0.150. The molecule has 2 rings (SSSR count). The Morgan fingerprint density at radius 3 is 2.71 bits per heavy atom. The molecule has 1 heterocycles. The monoisotopic (exact) mass is 292 g/mol. The largest absolute Gasteiger partial charge is 0.497 e. The molecule has 0 unspecified atom stereocenters. The summed E-state index contributed by atoms with van der Waals surface area (Å²) in [7, 11) is 3.70. The molecule has 0 aliphatic carbocycles. The van der Waals surface area contributed by atoms with Crippen molar-refractivity contribution in [1.29, 1.82) is 0 Å². The first-order valence-corrected chi connectivity index (χ1v) is 7.37. The Morgan fingerprint density at radius 1 is 1.38 bits per heavy atom. The van der Waals surface area contributed by atoms with E-state index in [0.717, 1.165) is 37.4 Å². The summed E-state index contributed by atoms with van der Waals surface area (Å²) in [4.78, 5) is 14.7. The minimum atomic E-state index is -0.644. The van der Waals surface area contributed by atoms with Crippen LogP contribution in [0.25, 0.3) is 0 Å². The van der Waals surface area contributed by atoms with Gasteiger partial charge in [-0.2, -0.15) is 0 Å². The van der Waals surface area contributed by atoms with Crippen LogP contribution in [0.4, 0.5) is 5.69 Å². The van der Waals surface area contributed by atoms with E-state index in [1.165, 1.54) is 0 Å². The molecule has 5 heteroatoms. The molecule has 0 spiro atoms. The fourth-order valence-corrected chi connectivity index (χ4v) is 2.63. The van der Waals surface area contributed by atoms with Gasteiger partial charge in [0.25, 0.3) is 0 Å². The lowest BCUT2D eigenvalue weighted by Gasteiger charge is -2.39. The fraction of sp³-hybridized carbons (Fsp3) is 0.562. The van der Waals surface area contributed by atoms with E-state index in [1.54, 1.807) is 7.11 Å². The highest BCUT2D eigenvalue weighted by atomic mass is 16.5. The summed E-state index contributed by atoms with van der Waals surface area (Å²) in [6.45, 7) is 3.98. The molecule has 1 fully saturated rings. The van der Waals surface area contributed by atoms with Gasteiger partial charge in [0, 0.05) is 24.8 Å². The van der Waals surface area contributed by atoms with E-state index in [9.17, 15) is 4.79 Å². The highest BCUT2D eigenvalue weighted by Gasteiger charge is 2.42. The minimum absolute atomic E-state index is 0.166. The van der Waals surface area contributed by atoms with Crippen LogP contribution in [0.3, 0.4) is 0 Å². The van der Waals surface area contributed by atoms with E-state index in [-0.39, 0.29) is 5.97 Å². The molecule has 1 N–H and O–H groups in total. The van der Waals surface area contributed by atoms with Crippen molar-refractivity contribution in [3.8, 4) is 5.75 Å². The average molecular weight is 292 g/mol. The van der Waals surface area contributed by atoms with Crippen LogP contribution >= 0.6 is 0 Å². The lowest BCUT2D eigenvalue weighted by atomic mass is 9.87. The van der Waals surface area contributed by atoms with Crippen LogP contribution in [0.2, 0.25) is 0 Å². The summed E-state index contributed by atoms with van der Waals surface area (Å²) < 4.78 is 10.5. The van der Waals surface area contributed by atoms with Gasteiger partial charge in [0.05, 0.1) is 13.7 Å². The number of likely N-dealkylation sites (tertiary alicyclic amines) is 1. The second kappa shape index (κ2) is 6.80. The van der Waals surface area contributed by atoms with E-state index in [2.05, 4.69) is 17.3 Å². The predicted molar refractivity (Wildman–Crippen MR) is 82.7 cm³/mol. The van der Waals surface area contributed by atoms with Gasteiger partial charge in [-0.25, -0.2) is 4.79 Å². The molecule has 1 saturated heterocycles. The summed E-state index contributed by atoms with van der Waals surface area (Å²) in [6, 6.07) is 7.65. The van der Waals surface area contributed by atoms with E-state index in [0.29, 0.717) is 6.61 Å². The topological polar surface area (TPSA) is 50.8 Å². The number of piperidine rings is 1. The number of hydrogen-bond acceptors (Lipinski definition) is 5. The number of anilines is 1. The maximum Gasteiger partial charge on any atom is 0.331 e. The zero-order valence-electron chi connectivity index (χ0n) is 13.0. The summed E-state index contributed by atoms with van der Waals surface area (Å²) >= 11 is 0. The summed E-state index contributed by atoms with van der Waals surface area (Å²) in [5, 5.41) is 3.39. The maximum absolute atomic E-state index is 12.5. The van der Waals surface area contributed by atoms with Crippen molar-refractivity contribution in [3.63, 3.8) is 0 Å². The highest BCUT2D eigenvalue weighted by molar-refractivity contribution is 5.85. The number of carbonyl (C=O) groups excluding carboxylic acids is 1. The van der Waals surface area contributed by atoms with Gasteiger partial charge < -0.3 is 19.7 Å². The average Bonchev–Trinajstić information content (AvgIpc) is 2.50. The molecule has 0 aromatic heterocycles. The van der Waals surface area contributed by atoms with Crippen LogP contribution in [-0.4, -0.2) is 50.3 Å². The molecule has 5 nitrogen and oxygen atoms in total. The zero-order valence-corrected chi connectivity index (χ0v) is 13.0. The Morgan fingerprint density at radius 2 is 2.10 bits per heavy atom. The van der Waals surface area contributed by atoms with Crippen molar-refractivity contribution in [2.75, 3.05) is 39.2 Å². The number of nitrogens with one attached hydrogen (secondary N) is 1. The van der Waals surface area contributed by atoms with Crippen LogP contribution in [0.15, 0.2) is 24.3 Å². The molecule has 1 aromatic rings. The maximum atomic E-state index is 12.5. The molecule has 1 aliphatic rings. The standard InChI is InChI=1S/C16H24N2O3/c1-4-21-15(19)16(8-10-18(2)11-9-16)17-13-6-5-7-14(12-13)20-3/h5-7,12,17H,4,8-11H2,1-3H3. The lowest BCUT2D eigenvalue weighted by Crippen LogP contribution is -2.54. The Balaban J connectivity index is 2.21. The van der Waals surface area contributed by atoms with Crippen molar-refractivity contribution in [3.05, 3.63) is 24.3 Å². The fourth-order valence-electron chi connectivity index (χ4n) is 2.63. The molecule has 116 valence electrons. The van der Waals surface area contributed by atoms with Crippen LogP contribution in [0, 0.1) is 0 Å². The van der Waals surface area contributed by atoms with Crippen molar-refractivity contribution in [2.45, 2.75) is 25.3 Å². The molecule has 1 aliphatic heterocycles. The molecule has 0 atom stereocenters. The Bertz CT molecular complexity index is 482. The van der Waals surface area contributed by atoms with Gasteiger partial charge >= 0.3 is 5.97 Å². The molecule has 1 aromatic carbocycles. The van der Waals surface area contributed by atoms with Crippen LogP contribution in [0.1, 0.15) is 19.8 Å². The van der Waals surface area contributed by atoms with E-state index >= 15 is 0 Å². The number of benzene rings is 1. The van der Waals surface area contributed by atoms with Crippen LogP contribution < -0.4 is 10.1 Å². The Kier molecular flexibility index (Phi) is 5.07. The molecule has 0 radical (unpaired) electrons. The third kappa shape index (κ3) is 3.67. The van der Waals surface area contributed by atoms with Gasteiger partial charge in [-0.15, -0.1) is 0 Å². The quantitative estimate of drug-likeness (QED) is 0.843. The van der Waals surface area contributed by atoms with Gasteiger partial charge in [-0.1, -0.05) is 6.07 Å². The molecular weight excluding hydrogens is 268 g/mol. The number of carbonyl (C=O) groups is 1. The first-order valence-electron chi connectivity index (χ1n) is 7.37. The smallest absolute Gasteiger partial charge is 0.331 e. The second-order valence-corrected chi connectivity index (χ2v) is 5.46. The Hall–Kier alpha value is -1.75.